The molecule has 0 saturated heterocycles. The lowest BCUT2D eigenvalue weighted by Gasteiger charge is -2.26. The van der Waals surface area contributed by atoms with Gasteiger partial charge in [-0.25, -0.2) is 13.4 Å². The van der Waals surface area contributed by atoms with Crippen LogP contribution in [-0.2, 0) is 23.0 Å². The second-order valence-corrected chi connectivity index (χ2v) is 9.74. The molecule has 30 heavy (non-hydrogen) atoms. The molecule has 0 aliphatic carbocycles. The highest BCUT2D eigenvalue weighted by atomic mass is 32.2. The molecule has 1 aromatic carbocycles. The Labute approximate surface area is 176 Å². The summed E-state index contributed by atoms with van der Waals surface area (Å²) in [6.07, 6.45) is 1.88. The van der Waals surface area contributed by atoms with Gasteiger partial charge in [0.2, 0.25) is 10.0 Å². The third-order valence-corrected chi connectivity index (χ3v) is 7.65. The fourth-order valence-corrected chi connectivity index (χ4v) is 5.86. The molecule has 2 aliphatic heterocycles. The zero-order valence-electron chi connectivity index (χ0n) is 15.7. The molecule has 2 aliphatic rings. The van der Waals surface area contributed by atoms with Crippen LogP contribution in [0.4, 0.5) is 5.13 Å². The van der Waals surface area contributed by atoms with Gasteiger partial charge in [0.15, 0.2) is 22.4 Å². The fourth-order valence-electron chi connectivity index (χ4n) is 3.33. The first-order chi connectivity index (χ1) is 14.5. The van der Waals surface area contributed by atoms with E-state index in [1.165, 1.54) is 34.0 Å². The van der Waals surface area contributed by atoms with Crippen molar-refractivity contribution in [3.05, 3.63) is 52.9 Å². The van der Waals surface area contributed by atoms with Gasteiger partial charge in [-0.3, -0.25) is 10.1 Å². The lowest BCUT2D eigenvalue weighted by atomic mass is 10.2. The van der Waals surface area contributed by atoms with E-state index in [4.69, 9.17) is 13.9 Å². The van der Waals surface area contributed by atoms with Crippen LogP contribution in [0.3, 0.4) is 0 Å². The summed E-state index contributed by atoms with van der Waals surface area (Å²) in [7, 11) is -3.71. The number of rotatable bonds is 4. The number of ether oxygens (including phenoxy) is 2. The average molecular weight is 447 g/mol. The molecule has 0 atom stereocenters. The number of hydrogen-bond donors (Lipinski definition) is 1. The third-order valence-electron chi connectivity index (χ3n) is 4.81. The maximum absolute atomic E-state index is 13.2. The first-order valence-electron chi connectivity index (χ1n) is 9.24. The molecule has 11 heteroatoms. The van der Waals surface area contributed by atoms with Crippen LogP contribution in [0.15, 0.2) is 45.9 Å². The summed E-state index contributed by atoms with van der Waals surface area (Å²) in [6.45, 7) is 1.33. The predicted molar refractivity (Wildman–Crippen MR) is 108 cm³/mol. The maximum Gasteiger partial charge on any atom is 0.293 e. The molecule has 3 aromatic rings. The number of amides is 1. The van der Waals surface area contributed by atoms with Crippen molar-refractivity contribution < 1.29 is 27.1 Å². The van der Waals surface area contributed by atoms with Crippen molar-refractivity contribution in [2.75, 3.05) is 25.1 Å². The van der Waals surface area contributed by atoms with E-state index in [2.05, 4.69) is 10.3 Å². The number of carbonyl (C=O) groups excluding carboxylic acids is 1. The van der Waals surface area contributed by atoms with Crippen molar-refractivity contribution in [3.63, 3.8) is 0 Å². The van der Waals surface area contributed by atoms with Crippen molar-refractivity contribution in [2.45, 2.75) is 17.9 Å². The van der Waals surface area contributed by atoms with Crippen molar-refractivity contribution in [2.24, 2.45) is 0 Å². The van der Waals surface area contributed by atoms with Crippen LogP contribution >= 0.6 is 11.3 Å². The molecular formula is C19H17N3O6S2. The van der Waals surface area contributed by atoms with E-state index in [-0.39, 0.29) is 17.2 Å². The summed E-state index contributed by atoms with van der Waals surface area (Å²) in [5.41, 5.74) is 0.795. The zero-order valence-corrected chi connectivity index (χ0v) is 17.3. The smallest absolute Gasteiger partial charge is 0.293 e. The van der Waals surface area contributed by atoms with E-state index in [0.29, 0.717) is 42.8 Å². The Morgan fingerprint density at radius 2 is 2.00 bits per heavy atom. The van der Waals surface area contributed by atoms with Gasteiger partial charge in [-0.2, -0.15) is 4.31 Å². The van der Waals surface area contributed by atoms with Crippen LogP contribution in [-0.4, -0.2) is 43.4 Å². The number of hydrogen-bond acceptors (Lipinski definition) is 8. The molecule has 0 saturated carbocycles. The quantitative estimate of drug-likeness (QED) is 0.654. The number of thiazole rings is 1. The molecule has 9 nitrogen and oxygen atoms in total. The van der Waals surface area contributed by atoms with Crippen LogP contribution in [0, 0.1) is 0 Å². The molecule has 5 rings (SSSR count). The number of benzene rings is 1. The maximum atomic E-state index is 13.2. The van der Waals surface area contributed by atoms with E-state index in [1.54, 1.807) is 18.2 Å². The number of sulfonamides is 1. The molecular weight excluding hydrogens is 430 g/mol. The molecule has 1 N–H and O–H groups in total. The average Bonchev–Trinajstić information content (AvgIpc) is 3.42. The van der Waals surface area contributed by atoms with Gasteiger partial charge in [-0.05, 0) is 24.3 Å². The van der Waals surface area contributed by atoms with Gasteiger partial charge in [0, 0.05) is 23.9 Å². The van der Waals surface area contributed by atoms with Gasteiger partial charge in [-0.15, -0.1) is 11.3 Å². The minimum atomic E-state index is -3.71. The summed E-state index contributed by atoms with van der Waals surface area (Å²) in [6, 6.07) is 7.83. The van der Waals surface area contributed by atoms with E-state index in [1.807, 2.05) is 0 Å². The van der Waals surface area contributed by atoms with Crippen molar-refractivity contribution in [1.29, 1.82) is 0 Å². The second kappa shape index (κ2) is 7.42. The summed E-state index contributed by atoms with van der Waals surface area (Å²) in [5.74, 6) is 0.763. The number of anilines is 1. The molecule has 0 radical (unpaired) electrons. The standard InChI is InChI=1S/C19H17N3O6S2/c23-18(15-2-1-7-26-15)21-19-20-13-5-6-22(11-17(13)29-19)30(24,25)12-3-4-14-16(10-12)28-9-8-27-14/h1-4,7,10H,5-6,8-9,11H2,(H,20,21,23). The van der Waals surface area contributed by atoms with Gasteiger partial charge in [0.25, 0.3) is 5.91 Å². The summed E-state index contributed by atoms with van der Waals surface area (Å²) in [4.78, 5) is 17.5. The Morgan fingerprint density at radius 3 is 2.80 bits per heavy atom. The monoisotopic (exact) mass is 447 g/mol. The van der Waals surface area contributed by atoms with E-state index < -0.39 is 15.9 Å². The van der Waals surface area contributed by atoms with E-state index >= 15 is 0 Å². The molecule has 4 heterocycles. The predicted octanol–water partition coefficient (Wildman–Crippen LogP) is 2.51. The van der Waals surface area contributed by atoms with Gasteiger partial charge >= 0.3 is 0 Å². The molecule has 156 valence electrons. The number of nitrogens with one attached hydrogen (secondary N) is 1. The Hall–Kier alpha value is -2.89. The SMILES string of the molecule is O=C(Nc1nc2c(s1)CN(S(=O)(=O)c1ccc3c(c1)OCCO3)CC2)c1ccco1. The summed E-state index contributed by atoms with van der Waals surface area (Å²) in [5, 5.41) is 3.11. The lowest BCUT2D eigenvalue weighted by molar-refractivity contribution is 0.0996. The largest absolute Gasteiger partial charge is 0.486 e. The summed E-state index contributed by atoms with van der Waals surface area (Å²) >= 11 is 1.26. The summed E-state index contributed by atoms with van der Waals surface area (Å²) < 4.78 is 43.8. The Bertz CT molecular complexity index is 1200. The van der Waals surface area contributed by atoms with E-state index in [9.17, 15) is 13.2 Å². The van der Waals surface area contributed by atoms with Gasteiger partial charge < -0.3 is 13.9 Å². The first kappa shape index (κ1) is 19.1. The normalized spacial score (nSPS) is 16.1. The van der Waals surface area contributed by atoms with E-state index in [0.717, 1.165) is 10.6 Å². The molecule has 2 aromatic heterocycles. The van der Waals surface area contributed by atoms with Crippen LogP contribution in [0.2, 0.25) is 0 Å². The van der Waals surface area contributed by atoms with Gasteiger partial charge in [0.1, 0.15) is 13.2 Å². The molecule has 1 amide bonds. The number of fused-ring (bicyclic) bond motifs is 2. The number of carbonyl (C=O) groups is 1. The van der Waals surface area contributed by atoms with Gasteiger partial charge in [0.05, 0.1) is 23.4 Å². The topological polar surface area (TPSA) is 111 Å². The zero-order chi connectivity index (χ0) is 20.7. The van der Waals surface area contributed by atoms with Crippen molar-refractivity contribution >= 4 is 32.4 Å². The van der Waals surface area contributed by atoms with Crippen LogP contribution < -0.4 is 14.8 Å². The van der Waals surface area contributed by atoms with Crippen molar-refractivity contribution in [1.82, 2.24) is 9.29 Å². The van der Waals surface area contributed by atoms with Gasteiger partial charge in [-0.1, -0.05) is 0 Å². The molecule has 0 unspecified atom stereocenters. The minimum absolute atomic E-state index is 0.158. The Morgan fingerprint density at radius 1 is 1.17 bits per heavy atom. The third kappa shape index (κ3) is 3.44. The van der Waals surface area contributed by atoms with Crippen molar-refractivity contribution in [3.8, 4) is 11.5 Å². The van der Waals surface area contributed by atoms with Crippen LogP contribution in [0.1, 0.15) is 21.1 Å². The first-order valence-corrected chi connectivity index (χ1v) is 11.5. The number of furan rings is 1. The Kier molecular flexibility index (Phi) is 4.72. The minimum Gasteiger partial charge on any atom is -0.486 e. The highest BCUT2D eigenvalue weighted by Crippen LogP contribution is 2.35. The molecule has 0 fully saturated rings. The van der Waals surface area contributed by atoms with Crippen LogP contribution in [0.25, 0.3) is 0 Å². The number of aromatic nitrogens is 1. The highest BCUT2D eigenvalue weighted by molar-refractivity contribution is 7.89. The molecule has 0 bridgehead atoms. The molecule has 0 spiro atoms. The highest BCUT2D eigenvalue weighted by Gasteiger charge is 2.31. The van der Waals surface area contributed by atoms with Crippen LogP contribution in [0.5, 0.6) is 11.5 Å². The Balaban J connectivity index is 1.35. The fraction of sp³-hybridized carbons (Fsp3) is 0.263. The second-order valence-electron chi connectivity index (χ2n) is 6.71. The lowest BCUT2D eigenvalue weighted by Crippen LogP contribution is -2.35. The number of nitrogens with zero attached hydrogens (tertiary/aromatic N) is 2.